The fourth-order valence-electron chi connectivity index (χ4n) is 2.32. The third kappa shape index (κ3) is 4.00. The van der Waals surface area contributed by atoms with Crippen LogP contribution in [0.1, 0.15) is 37.6 Å². The minimum atomic E-state index is 0.728. The van der Waals surface area contributed by atoms with Crippen LogP contribution in [0, 0.1) is 13.8 Å². The van der Waals surface area contributed by atoms with Gasteiger partial charge in [-0.1, -0.05) is 6.42 Å². The number of hydrogen-bond donors (Lipinski definition) is 2. The van der Waals surface area contributed by atoms with Gasteiger partial charge in [-0.3, -0.25) is 0 Å². The second kappa shape index (κ2) is 6.98. The fourth-order valence-corrected chi connectivity index (χ4v) is 3.56. The molecule has 0 aromatic carbocycles. The summed E-state index contributed by atoms with van der Waals surface area (Å²) in [4.78, 5) is 8.98. The van der Waals surface area contributed by atoms with Crippen LogP contribution >= 0.6 is 11.8 Å². The Balaban J connectivity index is 2.02. The first-order valence-electron chi connectivity index (χ1n) is 7.15. The molecule has 0 bridgehead atoms. The Morgan fingerprint density at radius 1 is 1.16 bits per heavy atom. The van der Waals surface area contributed by atoms with Gasteiger partial charge in [-0.2, -0.15) is 11.8 Å². The molecule has 19 heavy (non-hydrogen) atoms. The number of anilines is 2. The van der Waals surface area contributed by atoms with E-state index in [1.807, 2.05) is 6.92 Å². The minimum absolute atomic E-state index is 0.728. The summed E-state index contributed by atoms with van der Waals surface area (Å²) in [7, 11) is 0. The topological polar surface area (TPSA) is 49.8 Å². The first kappa shape index (κ1) is 14.4. The zero-order valence-corrected chi connectivity index (χ0v) is 12.9. The van der Waals surface area contributed by atoms with Gasteiger partial charge in [0, 0.05) is 23.9 Å². The monoisotopic (exact) mass is 280 g/mol. The highest BCUT2D eigenvalue weighted by atomic mass is 32.2. The number of nitrogens with zero attached hydrogens (tertiary/aromatic N) is 2. The van der Waals surface area contributed by atoms with Crippen LogP contribution in [0.4, 0.5) is 11.6 Å². The van der Waals surface area contributed by atoms with E-state index in [1.165, 1.54) is 25.0 Å². The van der Waals surface area contributed by atoms with Crippen molar-refractivity contribution in [2.75, 3.05) is 29.5 Å². The van der Waals surface area contributed by atoms with Gasteiger partial charge >= 0.3 is 0 Å². The molecule has 5 heteroatoms. The van der Waals surface area contributed by atoms with Gasteiger partial charge in [-0.15, -0.1) is 0 Å². The number of nitrogens with one attached hydrogen (secondary N) is 2. The number of aryl methyl sites for hydroxylation is 1. The van der Waals surface area contributed by atoms with Gasteiger partial charge in [0.05, 0.1) is 0 Å². The largest absolute Gasteiger partial charge is 0.370 e. The van der Waals surface area contributed by atoms with Crippen molar-refractivity contribution in [3.63, 3.8) is 0 Å². The second-order valence-electron chi connectivity index (χ2n) is 4.99. The molecule has 106 valence electrons. The van der Waals surface area contributed by atoms with Crippen molar-refractivity contribution in [3.8, 4) is 0 Å². The van der Waals surface area contributed by atoms with Crippen LogP contribution in [-0.2, 0) is 0 Å². The molecule has 0 aliphatic carbocycles. The lowest BCUT2D eigenvalue weighted by Gasteiger charge is -2.22. The maximum absolute atomic E-state index is 4.53. The second-order valence-corrected chi connectivity index (χ2v) is 6.40. The summed E-state index contributed by atoms with van der Waals surface area (Å²) in [5, 5.41) is 7.54. The van der Waals surface area contributed by atoms with Gasteiger partial charge in [0.2, 0.25) is 0 Å². The number of hydrogen-bond acceptors (Lipinski definition) is 5. The summed E-state index contributed by atoms with van der Waals surface area (Å²) in [5.41, 5.74) is 1.12. The summed E-state index contributed by atoms with van der Waals surface area (Å²) in [5.74, 6) is 4.06. The van der Waals surface area contributed by atoms with E-state index in [9.17, 15) is 0 Å². The molecule has 1 aromatic rings. The van der Waals surface area contributed by atoms with Crippen LogP contribution in [0.5, 0.6) is 0 Å². The highest BCUT2D eigenvalue weighted by Gasteiger charge is 2.15. The minimum Gasteiger partial charge on any atom is -0.370 e. The smallest absolute Gasteiger partial charge is 0.134 e. The highest BCUT2D eigenvalue weighted by molar-refractivity contribution is 7.99. The normalized spacial score (nSPS) is 19.2. The SMILES string of the molecule is CCNc1nc(C)nc(NCC2CCCCS2)c1C. The van der Waals surface area contributed by atoms with Gasteiger partial charge in [0.1, 0.15) is 17.5 Å². The summed E-state index contributed by atoms with van der Waals surface area (Å²) in [6.07, 6.45) is 4.06. The molecule has 2 rings (SSSR count). The molecule has 1 fully saturated rings. The predicted octanol–water partition coefficient (Wildman–Crippen LogP) is 3.22. The predicted molar refractivity (Wildman–Crippen MR) is 84.3 cm³/mol. The molecule has 1 aromatic heterocycles. The molecule has 0 saturated carbocycles. The molecule has 1 atom stereocenters. The van der Waals surface area contributed by atoms with Crippen LogP contribution < -0.4 is 10.6 Å². The molecule has 0 spiro atoms. The van der Waals surface area contributed by atoms with E-state index in [0.717, 1.165) is 41.4 Å². The Bertz CT molecular complexity index is 416. The lowest BCUT2D eigenvalue weighted by molar-refractivity contribution is 0.676. The van der Waals surface area contributed by atoms with Crippen LogP contribution in [-0.4, -0.2) is 34.1 Å². The molecule has 0 amide bonds. The third-order valence-electron chi connectivity index (χ3n) is 3.37. The molecule has 4 nitrogen and oxygen atoms in total. The Morgan fingerprint density at radius 3 is 2.53 bits per heavy atom. The van der Waals surface area contributed by atoms with Gasteiger partial charge in [0.25, 0.3) is 0 Å². The molecule has 1 aliphatic rings. The van der Waals surface area contributed by atoms with Crippen LogP contribution in [0.3, 0.4) is 0 Å². The van der Waals surface area contributed by atoms with Gasteiger partial charge in [-0.25, -0.2) is 9.97 Å². The molecule has 0 radical (unpaired) electrons. The maximum atomic E-state index is 4.53. The van der Waals surface area contributed by atoms with E-state index in [4.69, 9.17) is 0 Å². The van der Waals surface area contributed by atoms with Crippen molar-refractivity contribution < 1.29 is 0 Å². The average Bonchev–Trinajstić information content (AvgIpc) is 2.42. The lowest BCUT2D eigenvalue weighted by atomic mass is 10.2. The highest BCUT2D eigenvalue weighted by Crippen LogP contribution is 2.26. The molecule has 1 saturated heterocycles. The Morgan fingerprint density at radius 2 is 1.89 bits per heavy atom. The van der Waals surface area contributed by atoms with Gasteiger partial charge < -0.3 is 10.6 Å². The van der Waals surface area contributed by atoms with E-state index in [2.05, 4.69) is 46.2 Å². The van der Waals surface area contributed by atoms with Crippen molar-refractivity contribution in [3.05, 3.63) is 11.4 Å². The van der Waals surface area contributed by atoms with E-state index in [1.54, 1.807) is 0 Å². The lowest BCUT2D eigenvalue weighted by Crippen LogP contribution is -2.21. The summed E-state index contributed by atoms with van der Waals surface area (Å²) in [6, 6.07) is 0. The van der Waals surface area contributed by atoms with Crippen molar-refractivity contribution in [1.82, 2.24) is 9.97 Å². The molecule has 2 N–H and O–H groups in total. The Hall–Kier alpha value is -0.970. The molecule has 1 unspecified atom stereocenters. The van der Waals surface area contributed by atoms with Crippen LogP contribution in [0.25, 0.3) is 0 Å². The van der Waals surface area contributed by atoms with Crippen molar-refractivity contribution in [2.24, 2.45) is 0 Å². The zero-order chi connectivity index (χ0) is 13.7. The Kier molecular flexibility index (Phi) is 5.31. The van der Waals surface area contributed by atoms with Crippen molar-refractivity contribution >= 4 is 23.4 Å². The quantitative estimate of drug-likeness (QED) is 0.867. The summed E-state index contributed by atoms with van der Waals surface area (Å²) >= 11 is 2.09. The molecule has 2 heterocycles. The summed E-state index contributed by atoms with van der Waals surface area (Å²) in [6.45, 7) is 8.00. The molecular weight excluding hydrogens is 256 g/mol. The van der Waals surface area contributed by atoms with Crippen molar-refractivity contribution in [2.45, 2.75) is 45.3 Å². The average molecular weight is 280 g/mol. The standard InChI is InChI=1S/C14H24N4S/c1-4-15-13-10(2)14(18-11(3)17-13)16-9-12-7-5-6-8-19-12/h12H,4-9H2,1-3H3,(H2,15,16,17,18). The van der Waals surface area contributed by atoms with Gasteiger partial charge in [-0.05, 0) is 39.4 Å². The molecule has 1 aliphatic heterocycles. The fraction of sp³-hybridized carbons (Fsp3) is 0.714. The first-order valence-corrected chi connectivity index (χ1v) is 8.20. The third-order valence-corrected chi connectivity index (χ3v) is 4.77. The molecular formula is C14H24N4S. The van der Waals surface area contributed by atoms with Gasteiger partial charge in [0.15, 0.2) is 0 Å². The van der Waals surface area contributed by atoms with Crippen LogP contribution in [0.15, 0.2) is 0 Å². The maximum Gasteiger partial charge on any atom is 0.134 e. The number of rotatable bonds is 5. The van der Waals surface area contributed by atoms with E-state index >= 15 is 0 Å². The Labute approximate surface area is 120 Å². The van der Waals surface area contributed by atoms with E-state index in [-0.39, 0.29) is 0 Å². The van der Waals surface area contributed by atoms with E-state index in [0.29, 0.717) is 0 Å². The first-order chi connectivity index (χ1) is 9.20. The number of thioether (sulfide) groups is 1. The van der Waals surface area contributed by atoms with Crippen molar-refractivity contribution in [1.29, 1.82) is 0 Å². The van der Waals surface area contributed by atoms with E-state index < -0.39 is 0 Å². The summed E-state index contributed by atoms with van der Waals surface area (Å²) < 4.78 is 0. The number of aromatic nitrogens is 2. The van der Waals surface area contributed by atoms with Crippen LogP contribution in [0.2, 0.25) is 0 Å². The zero-order valence-electron chi connectivity index (χ0n) is 12.1.